The average Bonchev–Trinajstić information content (AvgIpc) is 3.23. The number of sulfone groups is 1. The van der Waals surface area contributed by atoms with E-state index in [1.165, 1.54) is 18.4 Å². The summed E-state index contributed by atoms with van der Waals surface area (Å²) in [5.74, 6) is 1.55. The first-order chi connectivity index (χ1) is 18.6. The Morgan fingerprint density at radius 2 is 1.67 bits per heavy atom. The highest BCUT2D eigenvalue weighted by Gasteiger charge is 2.13. The summed E-state index contributed by atoms with van der Waals surface area (Å²) in [4.78, 5) is 15.7. The largest absolute Gasteiger partial charge is 0.352 e. The zero-order chi connectivity index (χ0) is 27.6. The highest BCUT2D eigenvalue weighted by atomic mass is 32.2. The Kier molecular flexibility index (Phi) is 7.16. The van der Waals surface area contributed by atoms with Crippen LogP contribution in [-0.4, -0.2) is 41.2 Å². The van der Waals surface area contributed by atoms with E-state index in [0.29, 0.717) is 24.3 Å². The summed E-state index contributed by atoms with van der Waals surface area (Å²) in [6.45, 7) is 0.529. The molecule has 5 aromatic rings. The van der Waals surface area contributed by atoms with Crippen LogP contribution in [-0.2, 0) is 29.2 Å². The Balaban J connectivity index is 1.30. The molecule has 0 amide bonds. The quantitative estimate of drug-likeness (QED) is 0.261. The maximum absolute atomic E-state index is 13.2. The van der Waals surface area contributed by atoms with E-state index in [0.717, 1.165) is 33.5 Å². The van der Waals surface area contributed by atoms with Gasteiger partial charge in [-0.05, 0) is 59.7 Å². The van der Waals surface area contributed by atoms with Crippen LogP contribution < -0.4 is 15.5 Å². The number of aryl methyl sites for hydroxylation is 1. The van der Waals surface area contributed by atoms with Gasteiger partial charge in [0.15, 0.2) is 9.84 Å². The number of aromatic nitrogens is 4. The zero-order valence-electron chi connectivity index (χ0n) is 21.8. The summed E-state index contributed by atoms with van der Waals surface area (Å²) in [6.07, 6.45) is 2.89. The molecule has 200 valence electrons. The van der Waals surface area contributed by atoms with Gasteiger partial charge in [0.25, 0.3) is 0 Å². The van der Waals surface area contributed by atoms with Crippen molar-refractivity contribution in [2.45, 2.75) is 12.3 Å². The van der Waals surface area contributed by atoms with E-state index < -0.39 is 9.84 Å². The van der Waals surface area contributed by atoms with Crippen LogP contribution >= 0.6 is 0 Å². The van der Waals surface area contributed by atoms with Crippen LogP contribution in [0.15, 0.2) is 79.0 Å². The predicted molar refractivity (Wildman–Crippen MR) is 153 cm³/mol. The van der Waals surface area contributed by atoms with Crippen molar-refractivity contribution in [3.63, 3.8) is 0 Å². The Morgan fingerprint density at radius 3 is 2.38 bits per heavy atom. The van der Waals surface area contributed by atoms with Crippen LogP contribution in [0.4, 0.5) is 33.5 Å². The number of hydrogen-bond donors (Lipinski definition) is 2. The van der Waals surface area contributed by atoms with E-state index in [4.69, 9.17) is 4.98 Å². The molecule has 9 nitrogen and oxygen atoms in total. The summed E-state index contributed by atoms with van der Waals surface area (Å²) < 4.78 is 38.2. The van der Waals surface area contributed by atoms with E-state index in [-0.39, 0.29) is 11.6 Å². The molecule has 0 radical (unpaired) electrons. The summed E-state index contributed by atoms with van der Waals surface area (Å²) in [7, 11) is 0.774. The molecule has 39 heavy (non-hydrogen) atoms. The van der Waals surface area contributed by atoms with Gasteiger partial charge in [0.05, 0.1) is 16.8 Å². The number of nitrogens with zero attached hydrogens (tertiary/aromatic N) is 5. The first-order valence-corrected chi connectivity index (χ1v) is 14.3. The van der Waals surface area contributed by atoms with Crippen LogP contribution in [0, 0.1) is 5.82 Å². The van der Waals surface area contributed by atoms with E-state index in [9.17, 15) is 12.8 Å². The molecule has 0 fully saturated rings. The highest BCUT2D eigenvalue weighted by Crippen LogP contribution is 2.28. The van der Waals surface area contributed by atoms with Crippen LogP contribution in [0.25, 0.3) is 11.0 Å². The molecule has 0 saturated heterocycles. The number of nitrogens with one attached hydrogen (secondary N) is 2. The molecule has 5 rings (SSSR count). The molecule has 2 aromatic heterocycles. The molecule has 2 N–H and O–H groups in total. The maximum Gasteiger partial charge on any atom is 0.229 e. The SMILES string of the molecule is CN(c1ccc2c(c1)nc(NCc1ccc(F)cc1)n2C)c1ccnc(Nc2ccc(CS(C)(=O)=O)cc2)n1. The molecule has 0 aliphatic carbocycles. The van der Waals surface area contributed by atoms with Crippen molar-refractivity contribution in [2.75, 3.05) is 28.8 Å². The molecule has 0 aliphatic rings. The first kappa shape index (κ1) is 26.1. The van der Waals surface area contributed by atoms with Crippen molar-refractivity contribution in [1.29, 1.82) is 0 Å². The monoisotopic (exact) mass is 545 g/mol. The lowest BCUT2D eigenvalue weighted by molar-refractivity contribution is 0.601. The number of fused-ring (bicyclic) bond motifs is 1. The average molecular weight is 546 g/mol. The van der Waals surface area contributed by atoms with Gasteiger partial charge in [-0.3, -0.25) is 0 Å². The van der Waals surface area contributed by atoms with Crippen LogP contribution in [0.3, 0.4) is 0 Å². The van der Waals surface area contributed by atoms with E-state index in [2.05, 4.69) is 20.6 Å². The van der Waals surface area contributed by atoms with Crippen molar-refractivity contribution < 1.29 is 12.8 Å². The highest BCUT2D eigenvalue weighted by molar-refractivity contribution is 7.89. The minimum Gasteiger partial charge on any atom is -0.352 e. The zero-order valence-corrected chi connectivity index (χ0v) is 22.6. The lowest BCUT2D eigenvalue weighted by atomic mass is 10.2. The van der Waals surface area contributed by atoms with E-state index in [1.807, 2.05) is 47.8 Å². The van der Waals surface area contributed by atoms with Crippen molar-refractivity contribution in [3.05, 3.63) is 95.9 Å². The van der Waals surface area contributed by atoms with Gasteiger partial charge < -0.3 is 20.1 Å². The third kappa shape index (κ3) is 6.32. The number of benzene rings is 3. The van der Waals surface area contributed by atoms with Gasteiger partial charge in [-0.2, -0.15) is 4.98 Å². The van der Waals surface area contributed by atoms with Crippen molar-refractivity contribution in [1.82, 2.24) is 19.5 Å². The van der Waals surface area contributed by atoms with Gasteiger partial charge in [0.1, 0.15) is 11.6 Å². The summed E-state index contributed by atoms with van der Waals surface area (Å²) in [5.41, 5.74) is 5.13. The molecule has 2 heterocycles. The Hall–Kier alpha value is -4.51. The molecule has 11 heteroatoms. The molecule has 0 bridgehead atoms. The number of imidazole rings is 1. The maximum atomic E-state index is 13.2. The fourth-order valence-electron chi connectivity index (χ4n) is 4.18. The van der Waals surface area contributed by atoms with Crippen LogP contribution in [0.5, 0.6) is 0 Å². The van der Waals surface area contributed by atoms with Crippen LogP contribution in [0.1, 0.15) is 11.1 Å². The fraction of sp³-hybridized carbons (Fsp3) is 0.179. The predicted octanol–water partition coefficient (Wildman–Crippen LogP) is 5.17. The van der Waals surface area contributed by atoms with Crippen LogP contribution in [0.2, 0.25) is 0 Å². The summed E-state index contributed by atoms with van der Waals surface area (Å²) >= 11 is 0. The molecule has 0 atom stereocenters. The Bertz CT molecular complexity index is 1720. The lowest BCUT2D eigenvalue weighted by Gasteiger charge is -2.19. The minimum absolute atomic E-state index is 0.00349. The van der Waals surface area contributed by atoms with Gasteiger partial charge in [-0.15, -0.1) is 0 Å². The number of halogens is 1. The molecular formula is C28H28FN7O2S. The fourth-order valence-corrected chi connectivity index (χ4v) is 4.98. The van der Waals surface area contributed by atoms with E-state index in [1.54, 1.807) is 42.6 Å². The minimum atomic E-state index is -3.09. The third-order valence-corrected chi connectivity index (χ3v) is 7.10. The Morgan fingerprint density at radius 1 is 0.949 bits per heavy atom. The normalized spacial score (nSPS) is 11.5. The van der Waals surface area contributed by atoms with Gasteiger partial charge in [-0.25, -0.2) is 22.8 Å². The number of hydrogen-bond acceptors (Lipinski definition) is 8. The van der Waals surface area contributed by atoms with E-state index >= 15 is 0 Å². The number of rotatable bonds is 9. The second kappa shape index (κ2) is 10.7. The second-order valence-electron chi connectivity index (χ2n) is 9.34. The second-order valence-corrected chi connectivity index (χ2v) is 11.5. The van der Waals surface area contributed by atoms with Gasteiger partial charge in [-0.1, -0.05) is 24.3 Å². The summed E-state index contributed by atoms with van der Waals surface area (Å²) in [6, 6.07) is 21.3. The number of anilines is 5. The molecule has 0 saturated carbocycles. The van der Waals surface area contributed by atoms with Gasteiger partial charge >= 0.3 is 0 Å². The standard InChI is InChI=1S/C28H28FN7O2S/c1-35(26-14-15-30-27(34-26)32-22-10-6-20(7-11-22)18-39(3,37)38)23-12-13-25-24(16-23)33-28(36(25)2)31-17-19-4-8-21(29)9-5-19/h4-16H,17-18H2,1-3H3,(H,31,33)(H,30,32,34). The lowest BCUT2D eigenvalue weighted by Crippen LogP contribution is -2.12. The molecule has 0 unspecified atom stereocenters. The molecule has 0 spiro atoms. The molecular weight excluding hydrogens is 517 g/mol. The van der Waals surface area contributed by atoms with Crippen molar-refractivity contribution in [2.24, 2.45) is 7.05 Å². The van der Waals surface area contributed by atoms with Crippen molar-refractivity contribution in [3.8, 4) is 0 Å². The first-order valence-electron chi connectivity index (χ1n) is 12.2. The molecule has 0 aliphatic heterocycles. The smallest absolute Gasteiger partial charge is 0.229 e. The third-order valence-electron chi connectivity index (χ3n) is 6.24. The molecule has 3 aromatic carbocycles. The van der Waals surface area contributed by atoms with Gasteiger partial charge in [0.2, 0.25) is 11.9 Å². The van der Waals surface area contributed by atoms with Crippen molar-refractivity contribution >= 4 is 50.0 Å². The topological polar surface area (TPSA) is 105 Å². The van der Waals surface area contributed by atoms with Gasteiger partial charge in [0, 0.05) is 44.5 Å². The summed E-state index contributed by atoms with van der Waals surface area (Å²) in [5, 5.41) is 6.49. The Labute approximate surface area is 226 Å².